The van der Waals surface area contributed by atoms with E-state index in [1.807, 2.05) is 42.5 Å². The molecule has 2 saturated heterocycles. The number of carbonyl (C=O) groups excluding carboxylic acids is 4. The number of imidazole rings is 2. The Hall–Kier alpha value is -6.88. The predicted molar refractivity (Wildman–Crippen MR) is 233 cm³/mol. The summed E-state index contributed by atoms with van der Waals surface area (Å²) >= 11 is 0. The van der Waals surface area contributed by atoms with Gasteiger partial charge >= 0.3 is 12.2 Å². The van der Waals surface area contributed by atoms with E-state index in [0.29, 0.717) is 56.4 Å². The molecule has 0 saturated carbocycles. The molecule has 0 aliphatic carbocycles. The SMILES string of the molecule is COC(=O)N[C@H](C(=O)N1C[C@@H](C)CC1c1ncc(-c2cc3c4c(c2)OCc2cc(-c5cnc([C@@H]6C[C@H](C)CN6C(=O)[C@H](NC(=O)OC)c6ccccc6)[nH]5)cc(c2-4)OC3)[nH]1)[C@@H](C)OC. The summed E-state index contributed by atoms with van der Waals surface area (Å²) in [6, 6.07) is 14.8. The Balaban J connectivity index is 0.953. The number of H-pyrrole nitrogens is 2. The summed E-state index contributed by atoms with van der Waals surface area (Å²) in [6.07, 6.45) is 2.98. The lowest BCUT2D eigenvalue weighted by Gasteiger charge is -2.30. The highest BCUT2D eigenvalue weighted by atomic mass is 16.5. The topological polar surface area (TPSA) is 202 Å². The van der Waals surface area contributed by atoms with Gasteiger partial charge in [-0.15, -0.1) is 0 Å². The number of aromatic amines is 2. The number of aromatic nitrogens is 4. The van der Waals surface area contributed by atoms with E-state index >= 15 is 0 Å². The zero-order valence-corrected chi connectivity index (χ0v) is 36.6. The molecule has 9 rings (SSSR count). The van der Waals surface area contributed by atoms with Crippen LogP contribution in [0.25, 0.3) is 33.6 Å². The van der Waals surface area contributed by atoms with E-state index in [2.05, 4.69) is 46.6 Å². The van der Waals surface area contributed by atoms with Crippen molar-refractivity contribution >= 4 is 24.0 Å². The predicted octanol–water partition coefficient (Wildman–Crippen LogP) is 6.59. The van der Waals surface area contributed by atoms with Gasteiger partial charge in [0.15, 0.2) is 0 Å². The molecule has 2 aromatic heterocycles. The Morgan fingerprint density at radius 3 is 1.72 bits per heavy atom. The molecule has 6 heterocycles. The Morgan fingerprint density at radius 2 is 1.22 bits per heavy atom. The van der Waals surface area contributed by atoms with Crippen LogP contribution in [0.1, 0.15) is 80.1 Å². The van der Waals surface area contributed by atoms with Gasteiger partial charge in [0.1, 0.15) is 48.4 Å². The minimum atomic E-state index is -0.937. The lowest BCUT2D eigenvalue weighted by molar-refractivity contribution is -0.137. The summed E-state index contributed by atoms with van der Waals surface area (Å²) in [5.74, 6) is 2.69. The zero-order chi connectivity index (χ0) is 44.8. The largest absolute Gasteiger partial charge is 0.488 e. The molecule has 5 aromatic rings. The lowest BCUT2D eigenvalue weighted by Crippen LogP contribution is -2.54. The molecule has 2 fully saturated rings. The average Bonchev–Trinajstić information content (AvgIpc) is 4.15. The van der Waals surface area contributed by atoms with Crippen molar-refractivity contribution in [1.82, 2.24) is 40.4 Å². The molecule has 4 aliphatic heterocycles. The van der Waals surface area contributed by atoms with Gasteiger partial charge in [-0.3, -0.25) is 9.59 Å². The van der Waals surface area contributed by atoms with E-state index in [1.54, 1.807) is 29.1 Å². The van der Waals surface area contributed by atoms with Gasteiger partial charge in [0.2, 0.25) is 5.91 Å². The summed E-state index contributed by atoms with van der Waals surface area (Å²) in [5.41, 5.74) is 7.88. The minimum Gasteiger partial charge on any atom is -0.488 e. The molecule has 0 bridgehead atoms. The van der Waals surface area contributed by atoms with Crippen LogP contribution in [0.3, 0.4) is 0 Å². The number of rotatable bonds is 11. The zero-order valence-electron chi connectivity index (χ0n) is 36.6. The van der Waals surface area contributed by atoms with Crippen molar-refractivity contribution in [3.05, 3.63) is 95.3 Å². The summed E-state index contributed by atoms with van der Waals surface area (Å²) in [6.45, 7) is 7.57. The number of nitrogens with zero attached hydrogens (tertiary/aromatic N) is 4. The molecule has 0 spiro atoms. The molecule has 3 aromatic carbocycles. The number of amides is 4. The van der Waals surface area contributed by atoms with Crippen LogP contribution in [0.15, 0.2) is 67.0 Å². The second kappa shape index (κ2) is 17.4. The number of carbonyl (C=O) groups is 4. The maximum atomic E-state index is 14.2. The fraction of sp³-hybridized carbons (Fsp3) is 0.404. The number of nitrogens with one attached hydrogen (secondary N) is 4. The fourth-order valence-corrected chi connectivity index (χ4v) is 9.55. The van der Waals surface area contributed by atoms with E-state index in [9.17, 15) is 19.2 Å². The molecule has 17 heteroatoms. The van der Waals surface area contributed by atoms with E-state index < -0.39 is 30.4 Å². The van der Waals surface area contributed by atoms with Crippen molar-refractivity contribution in [3.63, 3.8) is 0 Å². The van der Waals surface area contributed by atoms with E-state index in [4.69, 9.17) is 33.7 Å². The van der Waals surface area contributed by atoms with Crippen LogP contribution >= 0.6 is 0 Å². The van der Waals surface area contributed by atoms with Crippen LogP contribution in [0.2, 0.25) is 0 Å². The molecule has 0 radical (unpaired) electrons. The quantitative estimate of drug-likeness (QED) is 0.112. The van der Waals surface area contributed by atoms with Gasteiger partial charge in [0.25, 0.3) is 5.91 Å². The van der Waals surface area contributed by atoms with Crippen molar-refractivity contribution in [2.24, 2.45) is 11.8 Å². The van der Waals surface area contributed by atoms with Crippen LogP contribution in [0.4, 0.5) is 9.59 Å². The van der Waals surface area contributed by atoms with Gasteiger partial charge in [-0.05, 0) is 61.4 Å². The Bertz CT molecular complexity index is 2540. The molecular weight excluding hydrogens is 821 g/mol. The van der Waals surface area contributed by atoms with Gasteiger partial charge in [0, 0.05) is 53.6 Å². The van der Waals surface area contributed by atoms with Gasteiger partial charge in [-0.25, -0.2) is 19.6 Å². The molecule has 64 heavy (non-hydrogen) atoms. The normalized spacial score (nSPS) is 20.9. The molecule has 4 aliphatic rings. The van der Waals surface area contributed by atoms with Gasteiger partial charge in [-0.1, -0.05) is 44.2 Å². The summed E-state index contributed by atoms with van der Waals surface area (Å²) < 4.78 is 28.1. The van der Waals surface area contributed by atoms with Crippen LogP contribution in [0.5, 0.6) is 11.5 Å². The van der Waals surface area contributed by atoms with Crippen LogP contribution in [-0.2, 0) is 37.0 Å². The number of benzene rings is 3. The summed E-state index contributed by atoms with van der Waals surface area (Å²) in [4.78, 5) is 72.7. The number of likely N-dealkylation sites (tertiary alicyclic amines) is 2. The monoisotopic (exact) mass is 872 g/mol. The fourth-order valence-electron chi connectivity index (χ4n) is 9.55. The van der Waals surface area contributed by atoms with Crippen molar-refractivity contribution in [1.29, 1.82) is 0 Å². The highest BCUT2D eigenvalue weighted by Crippen LogP contribution is 2.51. The van der Waals surface area contributed by atoms with Gasteiger partial charge in [-0.2, -0.15) is 0 Å². The molecule has 4 N–H and O–H groups in total. The van der Waals surface area contributed by atoms with Crippen LogP contribution in [0, 0.1) is 11.8 Å². The second-order valence-electron chi connectivity index (χ2n) is 17.2. The molecule has 1 unspecified atom stereocenters. The lowest BCUT2D eigenvalue weighted by atomic mass is 9.87. The number of hydrogen-bond acceptors (Lipinski definition) is 11. The van der Waals surface area contributed by atoms with E-state index in [1.165, 1.54) is 21.3 Å². The first-order valence-corrected chi connectivity index (χ1v) is 21.5. The number of methoxy groups -OCH3 is 3. The first kappa shape index (κ1) is 42.4. The van der Waals surface area contributed by atoms with Crippen LogP contribution in [-0.4, -0.2) is 100 Å². The maximum Gasteiger partial charge on any atom is 0.407 e. The highest BCUT2D eigenvalue weighted by molar-refractivity contribution is 5.90. The number of alkyl carbamates (subject to hydrolysis) is 2. The van der Waals surface area contributed by atoms with Gasteiger partial charge < -0.3 is 54.1 Å². The van der Waals surface area contributed by atoms with E-state index in [0.717, 1.165) is 56.3 Å². The van der Waals surface area contributed by atoms with Crippen molar-refractivity contribution in [3.8, 4) is 45.1 Å². The maximum absolute atomic E-state index is 14.2. The molecule has 4 amide bonds. The highest BCUT2D eigenvalue weighted by Gasteiger charge is 2.42. The molecule has 334 valence electrons. The first-order valence-electron chi connectivity index (χ1n) is 21.5. The molecular formula is C47H52N8O9. The Labute approximate surface area is 370 Å². The van der Waals surface area contributed by atoms with Crippen molar-refractivity contribution in [2.75, 3.05) is 34.4 Å². The molecule has 17 nitrogen and oxygen atoms in total. The standard InChI is InChI=1S/C47H52N8O9/c1-24-12-34(54(20-24)44(56)40(26(3)60-4)52-46(58)61-5)42-48-18-32(50-42)28-14-30-22-64-37-17-29(15-31-23-63-36(16-28)38(30)39(31)37)33-19-49-43(51-33)35-13-25(2)21-55(35)45(57)41(53-47(59)62-6)27-10-8-7-9-11-27/h7-11,14-19,24-26,34-35,40-41H,12-13,20-23H2,1-6H3,(H,48,50)(H,49,51)(H,52,58)(H,53,59)/t24-,25-,26+,34?,35-,40-,41+/m0/s1. The Morgan fingerprint density at radius 1 is 0.719 bits per heavy atom. The number of hydrogen-bond donors (Lipinski definition) is 4. The second-order valence-corrected chi connectivity index (χ2v) is 17.2. The van der Waals surface area contributed by atoms with Crippen molar-refractivity contribution < 1.29 is 42.9 Å². The minimum absolute atomic E-state index is 0.205. The average molecular weight is 873 g/mol. The third kappa shape index (κ3) is 7.88. The molecule has 7 atom stereocenters. The van der Waals surface area contributed by atoms with E-state index in [-0.39, 0.29) is 35.7 Å². The summed E-state index contributed by atoms with van der Waals surface area (Å²) in [5, 5.41) is 5.38. The van der Waals surface area contributed by atoms with Crippen LogP contribution < -0.4 is 20.1 Å². The third-order valence-corrected chi connectivity index (χ3v) is 12.8. The number of ether oxygens (including phenoxy) is 5. The third-order valence-electron chi connectivity index (χ3n) is 12.8. The van der Waals surface area contributed by atoms with Crippen molar-refractivity contribution in [2.45, 2.75) is 77.1 Å². The van der Waals surface area contributed by atoms with Gasteiger partial charge in [0.05, 0.1) is 56.2 Å². The summed E-state index contributed by atoms with van der Waals surface area (Å²) in [7, 11) is 4.03. The first-order chi connectivity index (χ1) is 30.9. The smallest absolute Gasteiger partial charge is 0.407 e. The Kier molecular flexibility index (Phi) is 11.5.